The van der Waals surface area contributed by atoms with Crippen LogP contribution in [-0.4, -0.2) is 10.1 Å². The molecule has 0 fully saturated rings. The molecule has 3 aromatic rings. The van der Waals surface area contributed by atoms with Crippen molar-refractivity contribution in [3.63, 3.8) is 0 Å². The number of aryl methyl sites for hydroxylation is 1. The summed E-state index contributed by atoms with van der Waals surface area (Å²) in [5.41, 5.74) is 3.00. The monoisotopic (exact) mass is 316 g/mol. The number of hydrogen-bond donors (Lipinski definition) is 3. The summed E-state index contributed by atoms with van der Waals surface area (Å²) >= 11 is 6.03. The standard InChI is InChI=1S/C17H18ClN3O/c1-3-21-15-7-5-4-6-14(15)20-17(21)19-11(2)13-10-12(18)8-9-16(13)22/h4-11H,3H2,1-2H3,(H2,19,20,22)/p+1. The van der Waals surface area contributed by atoms with E-state index in [4.69, 9.17) is 11.6 Å². The Morgan fingerprint density at radius 1 is 1.27 bits per heavy atom. The Bertz CT molecular complexity index is 813. The summed E-state index contributed by atoms with van der Waals surface area (Å²) in [6, 6.07) is 13.2. The molecule has 1 unspecified atom stereocenters. The van der Waals surface area contributed by atoms with Gasteiger partial charge in [0.1, 0.15) is 22.8 Å². The zero-order valence-corrected chi connectivity index (χ0v) is 13.4. The van der Waals surface area contributed by atoms with Gasteiger partial charge in [-0.25, -0.2) is 9.55 Å². The number of benzene rings is 2. The highest BCUT2D eigenvalue weighted by Gasteiger charge is 2.20. The molecule has 1 aromatic heterocycles. The molecular formula is C17H19ClN3O+. The fourth-order valence-corrected chi connectivity index (χ4v) is 2.91. The Morgan fingerprint density at radius 2 is 2.05 bits per heavy atom. The van der Waals surface area contributed by atoms with E-state index in [0.717, 1.165) is 29.1 Å². The van der Waals surface area contributed by atoms with Gasteiger partial charge < -0.3 is 5.11 Å². The predicted molar refractivity (Wildman–Crippen MR) is 89.3 cm³/mol. The van der Waals surface area contributed by atoms with E-state index in [-0.39, 0.29) is 11.8 Å². The molecule has 1 atom stereocenters. The molecule has 0 saturated heterocycles. The summed E-state index contributed by atoms with van der Waals surface area (Å²) in [6.45, 7) is 4.95. The number of hydrogen-bond acceptors (Lipinski definition) is 2. The molecular weight excluding hydrogens is 298 g/mol. The van der Waals surface area contributed by atoms with Gasteiger partial charge in [0.05, 0.1) is 6.54 Å². The summed E-state index contributed by atoms with van der Waals surface area (Å²) in [7, 11) is 0. The number of aromatic nitrogens is 2. The number of imidazole rings is 1. The number of nitrogens with zero attached hydrogens (tertiary/aromatic N) is 1. The first-order chi connectivity index (χ1) is 10.6. The number of halogens is 1. The van der Waals surface area contributed by atoms with E-state index >= 15 is 0 Å². The van der Waals surface area contributed by atoms with Crippen LogP contribution < -0.4 is 9.88 Å². The summed E-state index contributed by atoms with van der Waals surface area (Å²) in [5.74, 6) is 1.15. The van der Waals surface area contributed by atoms with Gasteiger partial charge in [-0.2, -0.15) is 0 Å². The van der Waals surface area contributed by atoms with Gasteiger partial charge in [0.2, 0.25) is 0 Å². The number of fused-ring (bicyclic) bond motifs is 1. The fourth-order valence-electron chi connectivity index (χ4n) is 2.73. The highest BCUT2D eigenvalue weighted by molar-refractivity contribution is 6.30. The minimum absolute atomic E-state index is 0.0791. The van der Waals surface area contributed by atoms with Crippen molar-refractivity contribution in [2.24, 2.45) is 0 Å². The van der Waals surface area contributed by atoms with Crippen molar-refractivity contribution in [1.82, 2.24) is 4.98 Å². The van der Waals surface area contributed by atoms with E-state index in [9.17, 15) is 5.11 Å². The van der Waals surface area contributed by atoms with E-state index in [2.05, 4.69) is 27.9 Å². The Kier molecular flexibility index (Phi) is 3.94. The first kappa shape index (κ1) is 14.7. The highest BCUT2D eigenvalue weighted by atomic mass is 35.5. The van der Waals surface area contributed by atoms with Crippen molar-refractivity contribution in [1.29, 1.82) is 0 Å². The topological polar surface area (TPSA) is 51.9 Å². The molecule has 4 nitrogen and oxygen atoms in total. The molecule has 2 aromatic carbocycles. The number of rotatable bonds is 4. The highest BCUT2D eigenvalue weighted by Crippen LogP contribution is 2.29. The van der Waals surface area contributed by atoms with Crippen LogP contribution in [0.4, 0.5) is 5.95 Å². The minimum Gasteiger partial charge on any atom is -0.508 e. The van der Waals surface area contributed by atoms with Crippen LogP contribution in [-0.2, 0) is 6.54 Å². The SMILES string of the molecule is CC[n+]1c(NC(C)c2cc(Cl)ccc2O)[nH]c2ccccc21. The fraction of sp³-hybridized carbons (Fsp3) is 0.235. The zero-order valence-electron chi connectivity index (χ0n) is 12.6. The van der Waals surface area contributed by atoms with Gasteiger partial charge in [0, 0.05) is 10.6 Å². The van der Waals surface area contributed by atoms with Crippen LogP contribution in [0.2, 0.25) is 5.02 Å². The third kappa shape index (κ3) is 2.62. The van der Waals surface area contributed by atoms with Gasteiger partial charge in [-0.05, 0) is 44.2 Å². The normalized spacial score (nSPS) is 12.5. The lowest BCUT2D eigenvalue weighted by Gasteiger charge is -2.12. The number of para-hydroxylation sites is 2. The smallest absolute Gasteiger partial charge is 0.356 e. The molecule has 5 heteroatoms. The van der Waals surface area contributed by atoms with Crippen molar-refractivity contribution in [3.05, 3.63) is 53.1 Å². The van der Waals surface area contributed by atoms with Crippen molar-refractivity contribution in [2.75, 3.05) is 5.32 Å². The summed E-state index contributed by atoms with van der Waals surface area (Å²) in [6.07, 6.45) is 0. The van der Waals surface area contributed by atoms with Crippen LogP contribution in [0.5, 0.6) is 5.75 Å². The molecule has 0 radical (unpaired) electrons. The van der Waals surface area contributed by atoms with E-state index in [1.807, 2.05) is 25.1 Å². The van der Waals surface area contributed by atoms with Gasteiger partial charge in [0.15, 0.2) is 0 Å². The van der Waals surface area contributed by atoms with Crippen LogP contribution in [0, 0.1) is 0 Å². The molecule has 22 heavy (non-hydrogen) atoms. The van der Waals surface area contributed by atoms with Gasteiger partial charge in [-0.15, -0.1) is 0 Å². The molecule has 0 bridgehead atoms. The number of nitrogens with one attached hydrogen (secondary N) is 2. The zero-order chi connectivity index (χ0) is 15.7. The number of phenols is 1. The minimum atomic E-state index is -0.0791. The Hall–Kier alpha value is -2.20. The van der Waals surface area contributed by atoms with E-state index < -0.39 is 0 Å². The maximum absolute atomic E-state index is 10.0. The maximum Gasteiger partial charge on any atom is 0.356 e. The second-order valence-corrected chi connectivity index (χ2v) is 5.74. The first-order valence-electron chi connectivity index (χ1n) is 7.35. The molecule has 1 heterocycles. The summed E-state index contributed by atoms with van der Waals surface area (Å²) in [5, 5.41) is 14.1. The predicted octanol–water partition coefficient (Wildman–Crippen LogP) is 4.01. The number of phenolic OH excluding ortho intramolecular Hbond substituents is 1. The van der Waals surface area contributed by atoms with E-state index in [0.29, 0.717) is 5.02 Å². The maximum atomic E-state index is 10.0. The van der Waals surface area contributed by atoms with Crippen molar-refractivity contribution >= 4 is 28.6 Å². The van der Waals surface area contributed by atoms with Crippen LogP contribution >= 0.6 is 11.6 Å². The van der Waals surface area contributed by atoms with E-state index in [1.165, 1.54) is 0 Å². The second-order valence-electron chi connectivity index (χ2n) is 5.30. The van der Waals surface area contributed by atoms with Gasteiger partial charge in [0.25, 0.3) is 0 Å². The molecule has 0 saturated carbocycles. The molecule has 114 valence electrons. The van der Waals surface area contributed by atoms with Crippen molar-refractivity contribution < 1.29 is 9.67 Å². The van der Waals surface area contributed by atoms with Gasteiger partial charge >= 0.3 is 5.95 Å². The Morgan fingerprint density at radius 3 is 2.82 bits per heavy atom. The molecule has 3 rings (SSSR count). The van der Waals surface area contributed by atoms with Crippen LogP contribution in [0.25, 0.3) is 11.0 Å². The van der Waals surface area contributed by atoms with E-state index in [1.54, 1.807) is 18.2 Å². The van der Waals surface area contributed by atoms with Gasteiger partial charge in [-0.1, -0.05) is 23.7 Å². The molecule has 0 aliphatic heterocycles. The largest absolute Gasteiger partial charge is 0.508 e. The third-order valence-electron chi connectivity index (χ3n) is 3.84. The lowest BCUT2D eigenvalue weighted by molar-refractivity contribution is -0.653. The number of anilines is 1. The first-order valence-corrected chi connectivity index (χ1v) is 7.73. The van der Waals surface area contributed by atoms with Crippen molar-refractivity contribution in [2.45, 2.75) is 26.4 Å². The number of H-pyrrole nitrogens is 1. The number of aromatic amines is 1. The molecule has 3 N–H and O–H groups in total. The van der Waals surface area contributed by atoms with Crippen LogP contribution in [0.3, 0.4) is 0 Å². The Balaban J connectivity index is 1.97. The average molecular weight is 317 g/mol. The number of aromatic hydroxyl groups is 1. The summed E-state index contributed by atoms with van der Waals surface area (Å²) in [4.78, 5) is 3.39. The lowest BCUT2D eigenvalue weighted by atomic mass is 10.1. The Labute approximate surface area is 134 Å². The van der Waals surface area contributed by atoms with Crippen LogP contribution in [0.15, 0.2) is 42.5 Å². The van der Waals surface area contributed by atoms with Crippen molar-refractivity contribution in [3.8, 4) is 5.75 Å². The molecule has 0 aliphatic rings. The summed E-state index contributed by atoms with van der Waals surface area (Å²) < 4.78 is 2.17. The average Bonchev–Trinajstić information content (AvgIpc) is 2.86. The van der Waals surface area contributed by atoms with Gasteiger partial charge in [-0.3, -0.25) is 5.32 Å². The molecule has 0 amide bonds. The molecule has 0 spiro atoms. The lowest BCUT2D eigenvalue weighted by Crippen LogP contribution is -2.35. The quantitative estimate of drug-likeness (QED) is 0.637. The second kappa shape index (κ2) is 5.89. The third-order valence-corrected chi connectivity index (χ3v) is 4.08. The van der Waals surface area contributed by atoms with Crippen LogP contribution in [0.1, 0.15) is 25.5 Å². The molecule has 0 aliphatic carbocycles.